The van der Waals surface area contributed by atoms with E-state index in [9.17, 15) is 0 Å². The minimum Gasteiger partial charge on any atom is -0.309 e. The summed E-state index contributed by atoms with van der Waals surface area (Å²) in [5.41, 5.74) is 20.4. The van der Waals surface area contributed by atoms with Crippen molar-refractivity contribution in [3.8, 4) is 27.9 Å². The van der Waals surface area contributed by atoms with Crippen LogP contribution in [0, 0.1) is 5.92 Å². The van der Waals surface area contributed by atoms with Gasteiger partial charge in [-0.2, -0.15) is 0 Å². The Balaban J connectivity index is 1.24. The molecule has 0 saturated heterocycles. The molecule has 1 aromatic heterocycles. The Morgan fingerprint density at radius 3 is 1.92 bits per heavy atom. The van der Waals surface area contributed by atoms with Crippen LogP contribution in [0.3, 0.4) is 0 Å². The average molecular weight is 614 g/mol. The number of benzene rings is 6. The fourth-order valence-electron chi connectivity index (χ4n) is 10.2. The number of hydrogen-bond acceptors (Lipinski definition) is 0. The zero-order valence-corrected chi connectivity index (χ0v) is 27.5. The maximum atomic E-state index is 2.58. The van der Waals surface area contributed by atoms with Gasteiger partial charge < -0.3 is 4.57 Å². The number of fused-ring (bicyclic) bond motifs is 15. The summed E-state index contributed by atoms with van der Waals surface area (Å²) in [4.78, 5) is 0. The number of para-hydroxylation sites is 1. The van der Waals surface area contributed by atoms with Crippen LogP contribution in [0.1, 0.15) is 60.6 Å². The normalized spacial score (nSPS) is 18.6. The zero-order chi connectivity index (χ0) is 31.9. The van der Waals surface area contributed by atoms with Gasteiger partial charge in [-0.1, -0.05) is 130 Å². The van der Waals surface area contributed by atoms with E-state index in [4.69, 9.17) is 0 Å². The van der Waals surface area contributed by atoms with Crippen molar-refractivity contribution in [3.05, 3.63) is 178 Å². The maximum absolute atomic E-state index is 2.58. The third-order valence-corrected chi connectivity index (χ3v) is 12.2. The van der Waals surface area contributed by atoms with Gasteiger partial charge in [-0.25, -0.2) is 0 Å². The molecule has 1 atom stereocenters. The molecular formula is C47H35N. The van der Waals surface area contributed by atoms with Gasteiger partial charge in [0.05, 0.1) is 16.4 Å². The van der Waals surface area contributed by atoms with Crippen molar-refractivity contribution < 1.29 is 0 Å². The van der Waals surface area contributed by atoms with Crippen molar-refractivity contribution in [2.45, 2.75) is 38.0 Å². The molecule has 0 bridgehead atoms. The second-order valence-corrected chi connectivity index (χ2v) is 14.9. The van der Waals surface area contributed by atoms with Gasteiger partial charge in [-0.05, 0) is 109 Å². The minimum atomic E-state index is -0.316. The lowest BCUT2D eigenvalue weighted by Crippen LogP contribution is -2.27. The van der Waals surface area contributed by atoms with E-state index in [2.05, 4.69) is 165 Å². The zero-order valence-electron chi connectivity index (χ0n) is 27.5. The second-order valence-electron chi connectivity index (χ2n) is 14.9. The Bertz CT molecular complexity index is 2590. The Labute approximate surface area is 281 Å². The fraction of sp³-hybridized carbons (Fsp3) is 0.149. The molecule has 1 nitrogen and oxygen atoms in total. The molecule has 1 heterocycles. The molecule has 6 aromatic carbocycles. The highest BCUT2D eigenvalue weighted by molar-refractivity contribution is 6.12. The van der Waals surface area contributed by atoms with E-state index >= 15 is 0 Å². The first kappa shape index (κ1) is 26.6. The topological polar surface area (TPSA) is 4.93 Å². The largest absolute Gasteiger partial charge is 0.309 e. The van der Waals surface area contributed by atoms with Crippen LogP contribution in [0.25, 0.3) is 55.3 Å². The highest BCUT2D eigenvalue weighted by Crippen LogP contribution is 2.64. The molecular weight excluding hydrogens is 579 g/mol. The molecule has 48 heavy (non-hydrogen) atoms. The first-order valence-corrected chi connectivity index (χ1v) is 17.4. The lowest BCUT2D eigenvalue weighted by Gasteiger charge is -2.32. The van der Waals surface area contributed by atoms with E-state index in [1.807, 2.05) is 0 Å². The quantitative estimate of drug-likeness (QED) is 0.174. The highest BCUT2D eigenvalue weighted by Gasteiger charge is 2.53. The summed E-state index contributed by atoms with van der Waals surface area (Å²) in [6, 6.07) is 48.6. The minimum absolute atomic E-state index is 0.0544. The van der Waals surface area contributed by atoms with Gasteiger partial charge in [0, 0.05) is 21.9 Å². The van der Waals surface area contributed by atoms with Crippen molar-refractivity contribution in [2.24, 2.45) is 5.92 Å². The van der Waals surface area contributed by atoms with Crippen LogP contribution in [-0.4, -0.2) is 4.57 Å². The van der Waals surface area contributed by atoms with Gasteiger partial charge in [0.1, 0.15) is 0 Å². The van der Waals surface area contributed by atoms with Crippen LogP contribution < -0.4 is 0 Å². The predicted molar refractivity (Wildman–Crippen MR) is 200 cm³/mol. The van der Waals surface area contributed by atoms with Gasteiger partial charge in [0.2, 0.25) is 0 Å². The van der Waals surface area contributed by atoms with Crippen LogP contribution in [0.5, 0.6) is 0 Å². The number of aromatic nitrogens is 1. The molecule has 0 radical (unpaired) electrons. The average Bonchev–Trinajstić information content (AvgIpc) is 3.78. The van der Waals surface area contributed by atoms with Crippen LogP contribution in [0.4, 0.5) is 0 Å². The number of rotatable bonds is 1. The predicted octanol–water partition coefficient (Wildman–Crippen LogP) is 11.8. The summed E-state index contributed by atoms with van der Waals surface area (Å²) in [6.07, 6.45) is 5.95. The van der Waals surface area contributed by atoms with Crippen LogP contribution in [0.15, 0.2) is 145 Å². The van der Waals surface area contributed by atoms with Crippen LogP contribution in [0.2, 0.25) is 0 Å². The van der Waals surface area contributed by atoms with Gasteiger partial charge in [0.15, 0.2) is 0 Å². The van der Waals surface area contributed by atoms with Crippen molar-refractivity contribution in [3.63, 3.8) is 0 Å². The standard InChI is InChI=1S/C47H35N/c1-28-13-12-21-40-45(28)36-27-44-35(26-42(36)47(40)38-19-9-5-15-31(38)32-16-6-10-20-39(32)47)34-17-7-11-22-43(34)48(44)29-23-24-33-30-14-4-8-18-37(30)46(2,3)41(33)25-29/h4-12,14-28H,13H2,1-3H3. The molecule has 0 aliphatic heterocycles. The molecule has 7 aromatic rings. The SMILES string of the molecule is CC1CC=CC2=C1c1cc3c(cc1C21c2ccccc2-c2ccccc21)c1ccccc1n3-c1ccc2c(c1)C(C)(C)c1ccccc1-2. The van der Waals surface area contributed by atoms with Crippen LogP contribution in [-0.2, 0) is 10.8 Å². The molecule has 0 N–H and O–H groups in total. The number of nitrogens with zero attached hydrogens (tertiary/aromatic N) is 1. The van der Waals surface area contributed by atoms with Crippen molar-refractivity contribution in [1.29, 1.82) is 0 Å². The van der Waals surface area contributed by atoms with E-state index in [1.54, 1.807) is 0 Å². The van der Waals surface area contributed by atoms with Gasteiger partial charge >= 0.3 is 0 Å². The first-order valence-electron chi connectivity index (χ1n) is 17.4. The Morgan fingerprint density at radius 2 is 1.17 bits per heavy atom. The Hall–Kier alpha value is -5.40. The summed E-state index contributed by atoms with van der Waals surface area (Å²) >= 11 is 0. The maximum Gasteiger partial charge on any atom is 0.0722 e. The molecule has 0 amide bonds. The molecule has 0 saturated carbocycles. The molecule has 4 aliphatic rings. The van der Waals surface area contributed by atoms with Crippen molar-refractivity contribution in [1.82, 2.24) is 4.57 Å². The smallest absolute Gasteiger partial charge is 0.0722 e. The van der Waals surface area contributed by atoms with Gasteiger partial charge in [0.25, 0.3) is 0 Å². The van der Waals surface area contributed by atoms with E-state index < -0.39 is 0 Å². The molecule has 1 heteroatoms. The monoisotopic (exact) mass is 613 g/mol. The second kappa shape index (κ2) is 8.94. The molecule has 4 aliphatic carbocycles. The third kappa shape index (κ3) is 3.00. The summed E-state index contributed by atoms with van der Waals surface area (Å²) in [6.45, 7) is 7.18. The molecule has 1 spiro atoms. The number of allylic oxidation sites excluding steroid dienone is 4. The summed E-state index contributed by atoms with van der Waals surface area (Å²) in [5.74, 6) is 0.442. The Kier molecular flexibility index (Phi) is 4.96. The van der Waals surface area contributed by atoms with E-state index in [0.717, 1.165) is 6.42 Å². The van der Waals surface area contributed by atoms with Gasteiger partial charge in [-0.15, -0.1) is 0 Å². The van der Waals surface area contributed by atoms with Crippen molar-refractivity contribution >= 4 is 27.4 Å². The lowest BCUT2D eigenvalue weighted by molar-refractivity contribution is 0.660. The lowest BCUT2D eigenvalue weighted by atomic mass is 9.68. The van der Waals surface area contributed by atoms with Crippen molar-refractivity contribution in [2.75, 3.05) is 0 Å². The van der Waals surface area contributed by atoms with E-state index in [-0.39, 0.29) is 10.8 Å². The molecule has 0 fully saturated rings. The van der Waals surface area contributed by atoms with Gasteiger partial charge in [-0.3, -0.25) is 0 Å². The first-order chi connectivity index (χ1) is 23.5. The fourth-order valence-corrected chi connectivity index (χ4v) is 10.2. The number of hydrogen-bond donors (Lipinski definition) is 0. The molecule has 1 unspecified atom stereocenters. The molecule has 228 valence electrons. The van der Waals surface area contributed by atoms with E-state index in [0.29, 0.717) is 5.92 Å². The van der Waals surface area contributed by atoms with Crippen LogP contribution >= 0.6 is 0 Å². The Morgan fingerprint density at radius 1 is 0.542 bits per heavy atom. The molecule has 11 rings (SSSR count). The third-order valence-electron chi connectivity index (χ3n) is 12.2. The summed E-state index contributed by atoms with van der Waals surface area (Å²) in [5, 5.41) is 2.63. The summed E-state index contributed by atoms with van der Waals surface area (Å²) < 4.78 is 2.54. The van der Waals surface area contributed by atoms with E-state index in [1.165, 1.54) is 94.3 Å². The highest BCUT2D eigenvalue weighted by atomic mass is 15.0. The summed E-state index contributed by atoms with van der Waals surface area (Å²) in [7, 11) is 0.